The van der Waals surface area contributed by atoms with Crippen molar-refractivity contribution in [3.05, 3.63) is 70.3 Å². The fraction of sp³-hybridized carbons (Fsp3) is 0.381. The molecule has 0 saturated carbocycles. The number of benzene rings is 2. The molecule has 2 aromatic rings. The van der Waals surface area contributed by atoms with Crippen LogP contribution in [-0.2, 0) is 25.7 Å². The van der Waals surface area contributed by atoms with E-state index >= 15 is 0 Å². The second kappa shape index (κ2) is 8.93. The van der Waals surface area contributed by atoms with Gasteiger partial charge in [0.25, 0.3) is 0 Å². The largest absolute Gasteiger partial charge is 0.282 e. The summed E-state index contributed by atoms with van der Waals surface area (Å²) in [5.41, 5.74) is 6.01. The number of thioether (sulfide) groups is 1. The highest BCUT2D eigenvalue weighted by molar-refractivity contribution is 8.14. The van der Waals surface area contributed by atoms with Crippen molar-refractivity contribution in [2.45, 2.75) is 46.5 Å². The van der Waals surface area contributed by atoms with Crippen molar-refractivity contribution < 1.29 is 4.79 Å². The summed E-state index contributed by atoms with van der Waals surface area (Å²) in [6.45, 7) is 6.45. The standard InChI is InChI=1S/C21H26OS/c1-4-16-14-18(5-2)20(19(6-3)15-16)21(22)23-13-12-17-10-8-7-9-11-17/h7-11,14-15H,4-6,12-13H2,1-3H3. The molecule has 0 heterocycles. The lowest BCUT2D eigenvalue weighted by molar-refractivity contribution is 0.108. The lowest BCUT2D eigenvalue weighted by atomic mass is 9.94. The molecule has 2 aromatic carbocycles. The summed E-state index contributed by atoms with van der Waals surface area (Å²) in [5.74, 6) is 0.838. The second-order valence-corrected chi connectivity index (χ2v) is 6.79. The molecule has 0 fully saturated rings. The summed E-state index contributed by atoms with van der Waals surface area (Å²) in [4.78, 5) is 12.8. The third-order valence-electron chi connectivity index (χ3n) is 4.20. The number of carbonyl (C=O) groups excluding carboxylic acids is 1. The molecule has 2 heteroatoms. The van der Waals surface area contributed by atoms with Crippen LogP contribution >= 0.6 is 11.8 Å². The fourth-order valence-electron chi connectivity index (χ4n) is 2.84. The molecule has 0 aromatic heterocycles. The van der Waals surface area contributed by atoms with E-state index in [-0.39, 0.29) is 5.12 Å². The van der Waals surface area contributed by atoms with Gasteiger partial charge in [0.05, 0.1) is 0 Å². The molecule has 122 valence electrons. The number of hydrogen-bond donors (Lipinski definition) is 0. The van der Waals surface area contributed by atoms with Gasteiger partial charge in [-0.1, -0.05) is 75.0 Å². The van der Waals surface area contributed by atoms with Gasteiger partial charge in [-0.2, -0.15) is 0 Å². The minimum absolute atomic E-state index is 0.234. The van der Waals surface area contributed by atoms with E-state index in [0.717, 1.165) is 37.0 Å². The predicted octanol–water partition coefficient (Wildman–Crippen LogP) is 5.49. The zero-order valence-corrected chi connectivity index (χ0v) is 15.2. The molecule has 0 spiro atoms. The molecule has 0 aliphatic heterocycles. The molecule has 2 rings (SSSR count). The molecule has 23 heavy (non-hydrogen) atoms. The highest BCUT2D eigenvalue weighted by atomic mass is 32.2. The molecular formula is C21H26OS. The molecule has 0 N–H and O–H groups in total. The van der Waals surface area contributed by atoms with Crippen molar-refractivity contribution in [2.24, 2.45) is 0 Å². The van der Waals surface area contributed by atoms with E-state index in [9.17, 15) is 4.79 Å². The zero-order chi connectivity index (χ0) is 16.7. The summed E-state index contributed by atoms with van der Waals surface area (Å²) < 4.78 is 0. The van der Waals surface area contributed by atoms with Gasteiger partial charge in [0.1, 0.15) is 0 Å². The summed E-state index contributed by atoms with van der Waals surface area (Å²) >= 11 is 1.46. The van der Waals surface area contributed by atoms with Gasteiger partial charge in [0.15, 0.2) is 0 Å². The monoisotopic (exact) mass is 326 g/mol. The van der Waals surface area contributed by atoms with Crippen LogP contribution in [-0.4, -0.2) is 10.9 Å². The van der Waals surface area contributed by atoms with E-state index in [4.69, 9.17) is 0 Å². The number of rotatable bonds is 7. The Kier molecular flexibility index (Phi) is 6.91. The molecule has 0 aliphatic rings. The molecule has 0 radical (unpaired) electrons. The number of carbonyl (C=O) groups is 1. The highest BCUT2D eigenvalue weighted by Gasteiger charge is 2.16. The van der Waals surface area contributed by atoms with Gasteiger partial charge in [-0.3, -0.25) is 4.79 Å². The second-order valence-electron chi connectivity index (χ2n) is 5.72. The van der Waals surface area contributed by atoms with Gasteiger partial charge in [0, 0.05) is 11.3 Å². The van der Waals surface area contributed by atoms with Gasteiger partial charge in [-0.25, -0.2) is 0 Å². The Bertz CT molecular complexity index is 621. The van der Waals surface area contributed by atoms with Crippen LogP contribution in [0.1, 0.15) is 53.4 Å². The van der Waals surface area contributed by atoms with E-state index in [1.165, 1.54) is 34.0 Å². The quantitative estimate of drug-likeness (QED) is 0.669. The van der Waals surface area contributed by atoms with Gasteiger partial charge in [0.2, 0.25) is 5.12 Å². The van der Waals surface area contributed by atoms with E-state index in [1.54, 1.807) is 0 Å². The van der Waals surface area contributed by atoms with Crippen LogP contribution in [0.5, 0.6) is 0 Å². The molecular weight excluding hydrogens is 300 g/mol. The van der Waals surface area contributed by atoms with Crippen LogP contribution in [0.2, 0.25) is 0 Å². The van der Waals surface area contributed by atoms with Crippen molar-refractivity contribution >= 4 is 16.9 Å². The van der Waals surface area contributed by atoms with Crippen LogP contribution in [0.25, 0.3) is 0 Å². The normalized spacial score (nSPS) is 10.7. The maximum absolute atomic E-state index is 12.8. The Morgan fingerprint density at radius 1 is 0.870 bits per heavy atom. The zero-order valence-electron chi connectivity index (χ0n) is 14.4. The highest BCUT2D eigenvalue weighted by Crippen LogP contribution is 2.25. The van der Waals surface area contributed by atoms with Crippen LogP contribution in [0.3, 0.4) is 0 Å². The summed E-state index contributed by atoms with van der Waals surface area (Å²) in [6.07, 6.45) is 3.80. The van der Waals surface area contributed by atoms with Crippen molar-refractivity contribution in [3.63, 3.8) is 0 Å². The SMILES string of the molecule is CCc1cc(CC)c(C(=O)SCCc2ccccc2)c(CC)c1. The van der Waals surface area contributed by atoms with Gasteiger partial charge in [-0.15, -0.1) is 0 Å². The van der Waals surface area contributed by atoms with E-state index in [1.807, 2.05) is 6.07 Å². The van der Waals surface area contributed by atoms with Crippen LogP contribution in [0, 0.1) is 0 Å². The van der Waals surface area contributed by atoms with E-state index in [2.05, 4.69) is 57.2 Å². The first-order valence-corrected chi connectivity index (χ1v) is 9.53. The van der Waals surface area contributed by atoms with Gasteiger partial charge in [-0.05, 0) is 47.9 Å². The Morgan fingerprint density at radius 3 is 2.00 bits per heavy atom. The number of aryl methyl sites for hydroxylation is 4. The molecule has 0 aliphatic carbocycles. The fourth-order valence-corrected chi connectivity index (χ4v) is 3.77. The minimum Gasteiger partial charge on any atom is -0.282 e. The third kappa shape index (κ3) is 4.71. The Labute approximate surface area is 144 Å². The maximum atomic E-state index is 12.8. The lowest BCUT2D eigenvalue weighted by Crippen LogP contribution is -2.07. The van der Waals surface area contributed by atoms with E-state index < -0.39 is 0 Å². The average molecular weight is 327 g/mol. The smallest absolute Gasteiger partial charge is 0.219 e. The third-order valence-corrected chi connectivity index (χ3v) is 5.08. The Balaban J connectivity index is 2.11. The van der Waals surface area contributed by atoms with Crippen molar-refractivity contribution in [2.75, 3.05) is 5.75 Å². The predicted molar refractivity (Wildman–Crippen MR) is 102 cm³/mol. The van der Waals surface area contributed by atoms with Crippen molar-refractivity contribution in [3.8, 4) is 0 Å². The van der Waals surface area contributed by atoms with Crippen molar-refractivity contribution in [1.82, 2.24) is 0 Å². The summed E-state index contributed by atoms with van der Waals surface area (Å²) in [6, 6.07) is 14.8. The molecule has 0 unspecified atom stereocenters. The van der Waals surface area contributed by atoms with Gasteiger partial charge >= 0.3 is 0 Å². The van der Waals surface area contributed by atoms with Crippen LogP contribution in [0.4, 0.5) is 0 Å². The topological polar surface area (TPSA) is 17.1 Å². The first kappa shape index (κ1) is 17.8. The average Bonchev–Trinajstić information content (AvgIpc) is 2.61. The summed E-state index contributed by atoms with van der Waals surface area (Å²) in [5, 5.41) is 0.234. The van der Waals surface area contributed by atoms with Crippen molar-refractivity contribution in [1.29, 1.82) is 0 Å². The Morgan fingerprint density at radius 2 is 1.48 bits per heavy atom. The van der Waals surface area contributed by atoms with Crippen LogP contribution in [0.15, 0.2) is 42.5 Å². The van der Waals surface area contributed by atoms with Crippen LogP contribution < -0.4 is 0 Å². The maximum Gasteiger partial charge on any atom is 0.219 e. The molecule has 0 saturated heterocycles. The Hall–Kier alpha value is -1.54. The van der Waals surface area contributed by atoms with Gasteiger partial charge < -0.3 is 0 Å². The molecule has 1 nitrogen and oxygen atoms in total. The molecule has 0 atom stereocenters. The van der Waals surface area contributed by atoms with E-state index in [0.29, 0.717) is 0 Å². The minimum atomic E-state index is 0.234. The molecule has 0 amide bonds. The lowest BCUT2D eigenvalue weighted by Gasteiger charge is -2.14. The summed E-state index contributed by atoms with van der Waals surface area (Å²) in [7, 11) is 0. The molecule has 0 bridgehead atoms. The first-order valence-electron chi connectivity index (χ1n) is 8.55. The number of hydrogen-bond acceptors (Lipinski definition) is 2. The first-order chi connectivity index (χ1) is 11.2.